The second-order valence-electron chi connectivity index (χ2n) is 6.64. The van der Waals surface area contributed by atoms with E-state index in [1.807, 2.05) is 35.4 Å². The number of pyridine rings is 2. The maximum absolute atomic E-state index is 12.7. The summed E-state index contributed by atoms with van der Waals surface area (Å²) in [6.45, 7) is 7.51. The lowest BCUT2D eigenvalue weighted by molar-refractivity contribution is -0.130. The first-order valence-electron chi connectivity index (χ1n) is 8.50. The van der Waals surface area contributed by atoms with Gasteiger partial charge in [-0.05, 0) is 24.1 Å². The molecule has 0 fully saturated rings. The number of anilines is 1. The van der Waals surface area contributed by atoms with Crippen molar-refractivity contribution >= 4 is 11.7 Å². The fourth-order valence-corrected chi connectivity index (χ4v) is 3.07. The molecular weight excluding hydrogens is 300 g/mol. The van der Waals surface area contributed by atoms with Gasteiger partial charge in [0.05, 0.1) is 6.42 Å². The van der Waals surface area contributed by atoms with E-state index in [0.717, 1.165) is 36.7 Å². The van der Waals surface area contributed by atoms with Crippen molar-refractivity contribution in [3.63, 3.8) is 0 Å². The molecule has 1 aliphatic heterocycles. The van der Waals surface area contributed by atoms with Gasteiger partial charge in [0.2, 0.25) is 5.91 Å². The molecule has 0 aromatic carbocycles. The molecule has 0 saturated carbocycles. The zero-order valence-corrected chi connectivity index (χ0v) is 14.4. The molecule has 5 nitrogen and oxygen atoms in total. The second-order valence-corrected chi connectivity index (χ2v) is 6.64. The highest BCUT2D eigenvalue weighted by Gasteiger charge is 2.24. The fraction of sp³-hybridized carbons (Fsp3) is 0.421. The molecule has 24 heavy (non-hydrogen) atoms. The summed E-state index contributed by atoms with van der Waals surface area (Å²) in [6.07, 6.45) is 3.91. The minimum atomic E-state index is 0.120. The fourth-order valence-electron chi connectivity index (χ4n) is 3.07. The minimum absolute atomic E-state index is 0.120. The highest BCUT2D eigenvalue weighted by Crippen LogP contribution is 2.23. The van der Waals surface area contributed by atoms with Gasteiger partial charge in [-0.2, -0.15) is 0 Å². The molecule has 0 N–H and O–H groups in total. The van der Waals surface area contributed by atoms with Gasteiger partial charge in [0.15, 0.2) is 0 Å². The number of amides is 1. The van der Waals surface area contributed by atoms with Crippen LogP contribution in [0.15, 0.2) is 42.7 Å². The van der Waals surface area contributed by atoms with E-state index in [2.05, 4.69) is 34.8 Å². The average molecular weight is 324 g/mol. The first-order chi connectivity index (χ1) is 11.6. The van der Waals surface area contributed by atoms with Crippen LogP contribution >= 0.6 is 0 Å². The summed E-state index contributed by atoms with van der Waals surface area (Å²) >= 11 is 0. The maximum Gasteiger partial charge on any atom is 0.228 e. The van der Waals surface area contributed by atoms with Crippen molar-refractivity contribution in [1.29, 1.82) is 0 Å². The summed E-state index contributed by atoms with van der Waals surface area (Å²) in [5.74, 6) is 1.69. The summed E-state index contributed by atoms with van der Waals surface area (Å²) in [5, 5.41) is 0. The van der Waals surface area contributed by atoms with Crippen molar-refractivity contribution < 1.29 is 4.79 Å². The van der Waals surface area contributed by atoms with E-state index in [4.69, 9.17) is 0 Å². The van der Waals surface area contributed by atoms with E-state index >= 15 is 0 Å². The van der Waals surface area contributed by atoms with Gasteiger partial charge in [-0.1, -0.05) is 26.0 Å². The first-order valence-corrected chi connectivity index (χ1v) is 8.50. The lowest BCUT2D eigenvalue weighted by atomic mass is 10.2. The van der Waals surface area contributed by atoms with Gasteiger partial charge in [0.25, 0.3) is 0 Å². The van der Waals surface area contributed by atoms with Crippen LogP contribution in [0.5, 0.6) is 0 Å². The van der Waals surface area contributed by atoms with E-state index in [-0.39, 0.29) is 5.91 Å². The van der Waals surface area contributed by atoms with Crippen LogP contribution in [-0.4, -0.2) is 40.4 Å². The van der Waals surface area contributed by atoms with Crippen molar-refractivity contribution in [1.82, 2.24) is 14.9 Å². The predicted molar refractivity (Wildman–Crippen MR) is 94.6 cm³/mol. The molecule has 0 spiro atoms. The van der Waals surface area contributed by atoms with Crippen LogP contribution in [0.4, 0.5) is 5.82 Å². The average Bonchev–Trinajstić information content (AvgIpc) is 2.75. The van der Waals surface area contributed by atoms with Crippen LogP contribution in [-0.2, 0) is 17.8 Å². The Morgan fingerprint density at radius 1 is 1.12 bits per heavy atom. The summed E-state index contributed by atoms with van der Waals surface area (Å²) in [6, 6.07) is 9.70. The van der Waals surface area contributed by atoms with E-state index in [9.17, 15) is 4.79 Å². The highest BCUT2D eigenvalue weighted by molar-refractivity contribution is 5.78. The summed E-state index contributed by atoms with van der Waals surface area (Å²) in [5.41, 5.74) is 1.93. The van der Waals surface area contributed by atoms with Crippen molar-refractivity contribution in [3.8, 4) is 0 Å². The van der Waals surface area contributed by atoms with Crippen molar-refractivity contribution in [2.24, 2.45) is 5.92 Å². The Bertz CT molecular complexity index is 687. The number of nitrogens with zero attached hydrogens (tertiary/aromatic N) is 4. The Labute approximate surface area is 143 Å². The Hall–Kier alpha value is -2.43. The number of carbonyl (C=O) groups is 1. The number of aromatic nitrogens is 2. The molecule has 0 atom stereocenters. The van der Waals surface area contributed by atoms with Gasteiger partial charge in [0, 0.05) is 49.8 Å². The Kier molecular flexibility index (Phi) is 5.08. The summed E-state index contributed by atoms with van der Waals surface area (Å²) in [4.78, 5) is 25.8. The SMILES string of the molecule is CC(C)CN1CCN(C(=O)Cc2ccccn2)Cc2cccnc21. The van der Waals surface area contributed by atoms with E-state index in [1.54, 1.807) is 6.20 Å². The molecule has 2 aromatic rings. The van der Waals surface area contributed by atoms with Crippen molar-refractivity contribution in [3.05, 3.63) is 54.0 Å². The number of hydrogen-bond acceptors (Lipinski definition) is 4. The normalized spacial score (nSPS) is 14.5. The monoisotopic (exact) mass is 324 g/mol. The largest absolute Gasteiger partial charge is 0.354 e. The van der Waals surface area contributed by atoms with Gasteiger partial charge in [-0.25, -0.2) is 4.98 Å². The van der Waals surface area contributed by atoms with Crippen molar-refractivity contribution in [2.45, 2.75) is 26.8 Å². The molecule has 126 valence electrons. The third-order valence-corrected chi connectivity index (χ3v) is 4.16. The molecule has 2 aromatic heterocycles. The Balaban J connectivity index is 1.77. The van der Waals surface area contributed by atoms with E-state index in [0.29, 0.717) is 18.9 Å². The van der Waals surface area contributed by atoms with Gasteiger partial charge in [-0.15, -0.1) is 0 Å². The molecule has 3 rings (SSSR count). The van der Waals surface area contributed by atoms with Crippen LogP contribution in [0.2, 0.25) is 0 Å². The molecule has 0 saturated heterocycles. The smallest absolute Gasteiger partial charge is 0.228 e. The first kappa shape index (κ1) is 16.4. The topological polar surface area (TPSA) is 49.3 Å². The second kappa shape index (κ2) is 7.43. The van der Waals surface area contributed by atoms with E-state index < -0.39 is 0 Å². The predicted octanol–water partition coefficient (Wildman–Crippen LogP) is 2.52. The van der Waals surface area contributed by atoms with Crippen LogP contribution < -0.4 is 4.90 Å². The van der Waals surface area contributed by atoms with Gasteiger partial charge < -0.3 is 9.80 Å². The zero-order chi connectivity index (χ0) is 16.9. The summed E-state index contributed by atoms with van der Waals surface area (Å²) in [7, 11) is 0. The lowest BCUT2D eigenvalue weighted by Gasteiger charge is -2.25. The van der Waals surface area contributed by atoms with E-state index in [1.165, 1.54) is 0 Å². The Morgan fingerprint density at radius 2 is 1.96 bits per heavy atom. The molecule has 0 bridgehead atoms. The number of carbonyl (C=O) groups excluding carboxylic acids is 1. The van der Waals surface area contributed by atoms with Gasteiger partial charge in [-0.3, -0.25) is 9.78 Å². The molecule has 0 aliphatic carbocycles. The standard InChI is InChI=1S/C19H24N4O/c1-15(2)13-23-11-10-22(14-16-6-5-9-21-19(16)23)18(24)12-17-7-3-4-8-20-17/h3-9,15H,10-14H2,1-2H3. The van der Waals surface area contributed by atoms with Crippen LogP contribution in [0.1, 0.15) is 25.1 Å². The van der Waals surface area contributed by atoms with Crippen LogP contribution in [0.3, 0.4) is 0 Å². The lowest BCUT2D eigenvalue weighted by Crippen LogP contribution is -2.37. The molecule has 1 aliphatic rings. The minimum Gasteiger partial charge on any atom is -0.354 e. The maximum atomic E-state index is 12.7. The molecule has 0 radical (unpaired) electrons. The van der Waals surface area contributed by atoms with Crippen LogP contribution in [0.25, 0.3) is 0 Å². The van der Waals surface area contributed by atoms with Crippen molar-refractivity contribution in [2.75, 3.05) is 24.5 Å². The molecule has 5 heteroatoms. The molecule has 1 amide bonds. The van der Waals surface area contributed by atoms with Gasteiger partial charge in [0.1, 0.15) is 5.82 Å². The highest BCUT2D eigenvalue weighted by atomic mass is 16.2. The molecule has 0 unspecified atom stereocenters. The molecule has 3 heterocycles. The third-order valence-electron chi connectivity index (χ3n) is 4.16. The third kappa shape index (κ3) is 3.91. The van der Waals surface area contributed by atoms with Crippen LogP contribution in [0, 0.1) is 5.92 Å². The number of hydrogen-bond donors (Lipinski definition) is 0. The summed E-state index contributed by atoms with van der Waals surface area (Å²) < 4.78 is 0. The Morgan fingerprint density at radius 3 is 2.71 bits per heavy atom. The quantitative estimate of drug-likeness (QED) is 0.867. The number of rotatable bonds is 4. The van der Waals surface area contributed by atoms with Gasteiger partial charge >= 0.3 is 0 Å². The molecular formula is C19H24N4O. The zero-order valence-electron chi connectivity index (χ0n) is 14.4. The number of fused-ring (bicyclic) bond motifs is 1.